The number of thiophene rings is 1. The molecule has 0 aromatic carbocycles. The second kappa shape index (κ2) is 6.55. The summed E-state index contributed by atoms with van der Waals surface area (Å²) >= 11 is -0.175. The SMILES string of the molecule is CCOS(=O)c1c(N)sc2c1CCN(C(=O)OC(C)(C)C)C2. The highest BCUT2D eigenvalue weighted by Gasteiger charge is 2.30. The lowest BCUT2D eigenvalue weighted by atomic mass is 10.1. The lowest BCUT2D eigenvalue weighted by molar-refractivity contribution is 0.0226. The number of hydrogen-bond acceptors (Lipinski definition) is 6. The van der Waals surface area contributed by atoms with Crippen LogP contribution in [-0.2, 0) is 33.0 Å². The number of nitrogen functional groups attached to an aromatic ring is 1. The lowest BCUT2D eigenvalue weighted by Gasteiger charge is -2.30. The Morgan fingerprint density at radius 3 is 2.73 bits per heavy atom. The molecule has 0 fully saturated rings. The number of anilines is 1. The van der Waals surface area contributed by atoms with Crippen molar-refractivity contribution in [2.75, 3.05) is 18.9 Å². The van der Waals surface area contributed by atoms with E-state index in [-0.39, 0.29) is 6.09 Å². The molecule has 0 saturated heterocycles. The van der Waals surface area contributed by atoms with Gasteiger partial charge in [-0.3, -0.25) is 4.18 Å². The molecule has 8 heteroatoms. The van der Waals surface area contributed by atoms with Crippen LogP contribution >= 0.6 is 11.3 Å². The van der Waals surface area contributed by atoms with Crippen molar-refractivity contribution >= 4 is 33.5 Å². The van der Waals surface area contributed by atoms with E-state index in [1.54, 1.807) is 11.8 Å². The van der Waals surface area contributed by atoms with E-state index in [1.165, 1.54) is 11.3 Å². The molecule has 1 aliphatic rings. The maximum Gasteiger partial charge on any atom is 0.410 e. The third kappa shape index (κ3) is 3.80. The first-order valence-electron chi connectivity index (χ1n) is 7.16. The van der Waals surface area contributed by atoms with E-state index in [4.69, 9.17) is 14.7 Å². The van der Waals surface area contributed by atoms with Crippen LogP contribution < -0.4 is 5.73 Å². The Morgan fingerprint density at radius 2 is 2.14 bits per heavy atom. The Labute approximate surface area is 137 Å². The quantitative estimate of drug-likeness (QED) is 0.910. The molecule has 0 saturated carbocycles. The Balaban J connectivity index is 2.17. The molecule has 22 heavy (non-hydrogen) atoms. The van der Waals surface area contributed by atoms with Gasteiger partial charge in [0.05, 0.1) is 13.2 Å². The predicted octanol–water partition coefficient (Wildman–Crippen LogP) is 2.68. The molecule has 1 atom stereocenters. The summed E-state index contributed by atoms with van der Waals surface area (Å²) in [5, 5.41) is 0.503. The molecule has 2 N–H and O–H groups in total. The van der Waals surface area contributed by atoms with E-state index in [0.717, 1.165) is 10.4 Å². The topological polar surface area (TPSA) is 81.9 Å². The number of amides is 1. The van der Waals surface area contributed by atoms with E-state index < -0.39 is 16.7 Å². The van der Waals surface area contributed by atoms with Gasteiger partial charge in [-0.05, 0) is 39.7 Å². The summed E-state index contributed by atoms with van der Waals surface area (Å²) in [5.41, 5.74) is 6.42. The maximum atomic E-state index is 12.1. The third-order valence-electron chi connectivity index (χ3n) is 3.08. The maximum absolute atomic E-state index is 12.1. The number of hydrogen-bond donors (Lipinski definition) is 1. The average molecular weight is 346 g/mol. The minimum atomic E-state index is -1.54. The molecule has 6 nitrogen and oxygen atoms in total. The summed E-state index contributed by atoms with van der Waals surface area (Å²) in [6.45, 7) is 8.63. The van der Waals surface area contributed by atoms with Gasteiger partial charge in [0.25, 0.3) is 0 Å². The summed E-state index contributed by atoms with van der Waals surface area (Å²) in [6, 6.07) is 0. The van der Waals surface area contributed by atoms with E-state index in [9.17, 15) is 9.00 Å². The molecule has 0 bridgehead atoms. The minimum absolute atomic E-state index is 0.336. The molecule has 2 rings (SSSR count). The molecule has 1 aromatic rings. The fourth-order valence-corrected chi connectivity index (χ4v) is 4.57. The van der Waals surface area contributed by atoms with Crippen molar-refractivity contribution in [3.8, 4) is 0 Å². The van der Waals surface area contributed by atoms with Crippen LogP contribution in [0.4, 0.5) is 9.80 Å². The van der Waals surface area contributed by atoms with Crippen molar-refractivity contribution < 1.29 is 17.9 Å². The number of nitrogens with zero attached hydrogens (tertiary/aromatic N) is 1. The molecule has 0 radical (unpaired) electrons. The van der Waals surface area contributed by atoms with Crippen molar-refractivity contribution in [1.29, 1.82) is 0 Å². The van der Waals surface area contributed by atoms with E-state index >= 15 is 0 Å². The van der Waals surface area contributed by atoms with Gasteiger partial charge in [0.1, 0.15) is 15.5 Å². The summed E-state index contributed by atoms with van der Waals surface area (Å²) in [5.74, 6) is 0. The highest BCUT2D eigenvalue weighted by molar-refractivity contribution is 7.80. The molecular weight excluding hydrogens is 324 g/mol. The molecule has 1 aliphatic heterocycles. The van der Waals surface area contributed by atoms with Crippen LogP contribution in [0.25, 0.3) is 0 Å². The number of ether oxygens (including phenoxy) is 1. The van der Waals surface area contributed by atoms with Crippen LogP contribution in [0.15, 0.2) is 4.90 Å². The highest BCUT2D eigenvalue weighted by Crippen LogP contribution is 2.37. The second-order valence-electron chi connectivity index (χ2n) is 5.99. The van der Waals surface area contributed by atoms with Gasteiger partial charge in [-0.15, -0.1) is 11.3 Å². The van der Waals surface area contributed by atoms with Crippen LogP contribution in [0.1, 0.15) is 38.1 Å². The molecule has 1 unspecified atom stereocenters. The lowest BCUT2D eigenvalue weighted by Crippen LogP contribution is -2.39. The normalized spacial score (nSPS) is 16.3. The fraction of sp³-hybridized carbons (Fsp3) is 0.643. The number of fused-ring (bicyclic) bond motifs is 1. The van der Waals surface area contributed by atoms with Gasteiger partial charge >= 0.3 is 6.09 Å². The Kier molecular flexibility index (Phi) is 5.14. The van der Waals surface area contributed by atoms with Crippen LogP contribution in [0, 0.1) is 0 Å². The fourth-order valence-electron chi connectivity index (χ4n) is 2.23. The van der Waals surface area contributed by atoms with E-state index in [2.05, 4.69) is 0 Å². The Bertz CT molecular complexity index is 592. The molecule has 0 spiro atoms. The van der Waals surface area contributed by atoms with Gasteiger partial charge in [-0.2, -0.15) is 0 Å². The van der Waals surface area contributed by atoms with Gasteiger partial charge in [-0.1, -0.05) is 0 Å². The largest absolute Gasteiger partial charge is 0.444 e. The first-order valence-corrected chi connectivity index (χ1v) is 9.05. The summed E-state index contributed by atoms with van der Waals surface area (Å²) < 4.78 is 22.7. The van der Waals surface area contributed by atoms with Crippen LogP contribution in [0.3, 0.4) is 0 Å². The zero-order valence-electron chi connectivity index (χ0n) is 13.3. The van der Waals surface area contributed by atoms with Crippen molar-refractivity contribution in [2.24, 2.45) is 0 Å². The molecule has 0 aliphatic carbocycles. The molecular formula is C14H22N2O4S2. The smallest absolute Gasteiger partial charge is 0.410 e. The minimum Gasteiger partial charge on any atom is -0.444 e. The molecule has 124 valence electrons. The predicted molar refractivity (Wildman–Crippen MR) is 87.1 cm³/mol. The van der Waals surface area contributed by atoms with Gasteiger partial charge in [-0.25, -0.2) is 9.00 Å². The summed E-state index contributed by atoms with van der Waals surface area (Å²) in [4.78, 5) is 15.3. The molecule has 2 heterocycles. The van der Waals surface area contributed by atoms with Crippen LogP contribution in [0.2, 0.25) is 0 Å². The average Bonchev–Trinajstić information content (AvgIpc) is 2.71. The van der Waals surface area contributed by atoms with Gasteiger partial charge in [0.2, 0.25) is 0 Å². The van der Waals surface area contributed by atoms with E-state index in [1.807, 2.05) is 20.8 Å². The van der Waals surface area contributed by atoms with Crippen LogP contribution in [0.5, 0.6) is 0 Å². The standard InChI is InChI=1S/C14H22N2O4S2/c1-5-19-22(18)11-9-6-7-16(8-10(9)21-12(11)15)13(17)20-14(2,3)4/h5-8,15H2,1-4H3. The highest BCUT2D eigenvalue weighted by atomic mass is 32.2. The van der Waals surface area contributed by atoms with E-state index in [0.29, 0.717) is 36.0 Å². The molecule has 1 aromatic heterocycles. The summed E-state index contributed by atoms with van der Waals surface area (Å²) in [6.07, 6.45) is 0.272. The third-order valence-corrected chi connectivity index (χ3v) is 5.50. The van der Waals surface area contributed by atoms with Gasteiger partial charge < -0.3 is 15.4 Å². The van der Waals surface area contributed by atoms with Crippen molar-refractivity contribution in [3.63, 3.8) is 0 Å². The van der Waals surface area contributed by atoms with Gasteiger partial charge in [0.15, 0.2) is 11.1 Å². The summed E-state index contributed by atoms with van der Waals surface area (Å²) in [7, 11) is 0. The van der Waals surface area contributed by atoms with Crippen molar-refractivity contribution in [3.05, 3.63) is 10.4 Å². The number of carbonyl (C=O) groups is 1. The first-order chi connectivity index (χ1) is 10.2. The number of nitrogens with two attached hydrogens (primary N) is 1. The number of rotatable bonds is 3. The van der Waals surface area contributed by atoms with Crippen molar-refractivity contribution in [2.45, 2.75) is 51.2 Å². The zero-order valence-corrected chi connectivity index (χ0v) is 14.9. The van der Waals surface area contributed by atoms with Crippen molar-refractivity contribution in [1.82, 2.24) is 4.90 Å². The number of carbonyl (C=O) groups excluding carboxylic acids is 1. The first kappa shape index (κ1) is 17.2. The second-order valence-corrected chi connectivity index (χ2v) is 8.24. The monoisotopic (exact) mass is 346 g/mol. The molecule has 1 amide bonds. The Morgan fingerprint density at radius 1 is 1.45 bits per heavy atom. The Hall–Kier alpha value is -1.12. The van der Waals surface area contributed by atoms with Gasteiger partial charge in [0, 0.05) is 11.4 Å². The van der Waals surface area contributed by atoms with Crippen LogP contribution in [-0.4, -0.2) is 34.0 Å². The zero-order chi connectivity index (χ0) is 16.5.